The number of fused-ring (bicyclic) bond motifs is 1. The number of benzene rings is 1. The lowest BCUT2D eigenvalue weighted by Crippen LogP contribution is -1.98. The molecule has 1 aromatic carbocycles. The third-order valence-electron chi connectivity index (χ3n) is 2.51. The second-order valence-corrected chi connectivity index (χ2v) is 4.91. The predicted octanol–water partition coefficient (Wildman–Crippen LogP) is 3.26. The summed E-state index contributed by atoms with van der Waals surface area (Å²) in [6, 6.07) is 3.08. The molecule has 0 amide bonds. The van der Waals surface area contributed by atoms with Gasteiger partial charge in [-0.2, -0.15) is 0 Å². The van der Waals surface area contributed by atoms with Crippen molar-refractivity contribution >= 4 is 44.7 Å². The molecule has 0 atom stereocenters. The number of nitrogens with zero attached hydrogens (tertiary/aromatic N) is 1. The van der Waals surface area contributed by atoms with Crippen LogP contribution in [0.25, 0.3) is 10.1 Å². The fourth-order valence-electron chi connectivity index (χ4n) is 1.69. The first kappa shape index (κ1) is 13.6. The van der Waals surface area contributed by atoms with E-state index >= 15 is 0 Å². The average Bonchev–Trinajstić information content (AvgIpc) is 2.74. The zero-order valence-electron chi connectivity index (χ0n) is 9.93. The van der Waals surface area contributed by atoms with Gasteiger partial charge in [0, 0.05) is 4.70 Å². The summed E-state index contributed by atoms with van der Waals surface area (Å²) in [7, 11) is 2.55. The van der Waals surface area contributed by atoms with Crippen LogP contribution >= 0.6 is 22.9 Å². The third-order valence-corrected chi connectivity index (χ3v) is 4.13. The largest absolute Gasteiger partial charge is 0.490 e. The Morgan fingerprint density at radius 1 is 1.42 bits per heavy atom. The summed E-state index contributed by atoms with van der Waals surface area (Å²) in [5, 5.41) is 11.4. The van der Waals surface area contributed by atoms with Crippen molar-refractivity contribution in [1.82, 2.24) is 0 Å². The zero-order valence-corrected chi connectivity index (χ0v) is 11.5. The molecule has 0 N–H and O–H groups in total. The van der Waals surface area contributed by atoms with Crippen molar-refractivity contribution in [2.24, 2.45) is 0 Å². The highest BCUT2D eigenvalue weighted by molar-refractivity contribution is 7.21. The van der Waals surface area contributed by atoms with Crippen LogP contribution in [-0.4, -0.2) is 25.1 Å². The van der Waals surface area contributed by atoms with E-state index in [4.69, 9.17) is 16.3 Å². The highest BCUT2D eigenvalue weighted by Crippen LogP contribution is 2.44. The summed E-state index contributed by atoms with van der Waals surface area (Å²) in [6.45, 7) is 0. The molecule has 0 aliphatic rings. The molecule has 0 bridgehead atoms. The highest BCUT2D eigenvalue weighted by atomic mass is 35.5. The van der Waals surface area contributed by atoms with Gasteiger partial charge in [0.15, 0.2) is 5.75 Å². The molecule has 8 heteroatoms. The number of hydrogen-bond donors (Lipinski definition) is 0. The standard InChI is InChI=1S/C11H8ClNO5S/c1-17-5-3-4-6-7(9(5)13(15)16)8(12)10(19-6)11(14)18-2/h3-4H,1-2H3. The van der Waals surface area contributed by atoms with Crippen LogP contribution < -0.4 is 4.74 Å². The number of esters is 1. The normalized spacial score (nSPS) is 10.5. The van der Waals surface area contributed by atoms with Crippen LogP contribution in [0.1, 0.15) is 9.67 Å². The van der Waals surface area contributed by atoms with Gasteiger partial charge in [-0.15, -0.1) is 11.3 Å². The zero-order chi connectivity index (χ0) is 14.2. The van der Waals surface area contributed by atoms with Gasteiger partial charge in [0.2, 0.25) is 0 Å². The number of carbonyl (C=O) groups excluding carboxylic acids is 1. The Kier molecular flexibility index (Phi) is 3.59. The summed E-state index contributed by atoms with van der Waals surface area (Å²) in [6.07, 6.45) is 0. The van der Waals surface area contributed by atoms with E-state index in [1.807, 2.05) is 0 Å². The van der Waals surface area contributed by atoms with Gasteiger partial charge in [0.25, 0.3) is 0 Å². The molecule has 19 heavy (non-hydrogen) atoms. The van der Waals surface area contributed by atoms with Crippen molar-refractivity contribution < 1.29 is 19.2 Å². The van der Waals surface area contributed by atoms with Crippen molar-refractivity contribution in [1.29, 1.82) is 0 Å². The number of nitro benzene ring substituents is 1. The third kappa shape index (κ3) is 2.11. The Morgan fingerprint density at radius 2 is 2.11 bits per heavy atom. The minimum Gasteiger partial charge on any atom is -0.490 e. The van der Waals surface area contributed by atoms with Crippen LogP contribution in [0.2, 0.25) is 5.02 Å². The summed E-state index contributed by atoms with van der Waals surface area (Å²) < 4.78 is 10.1. The van der Waals surface area contributed by atoms with Crippen molar-refractivity contribution in [2.75, 3.05) is 14.2 Å². The lowest BCUT2D eigenvalue weighted by atomic mass is 10.2. The van der Waals surface area contributed by atoms with E-state index in [0.29, 0.717) is 4.70 Å². The van der Waals surface area contributed by atoms with Crippen LogP contribution in [0.15, 0.2) is 12.1 Å². The molecule has 0 saturated carbocycles. The molecule has 2 aromatic rings. The lowest BCUT2D eigenvalue weighted by molar-refractivity contribution is -0.383. The number of thiophene rings is 1. The summed E-state index contributed by atoms with van der Waals surface area (Å²) >= 11 is 7.10. The molecule has 6 nitrogen and oxygen atoms in total. The van der Waals surface area contributed by atoms with Crippen molar-refractivity contribution in [3.05, 3.63) is 32.1 Å². The van der Waals surface area contributed by atoms with Gasteiger partial charge in [0.1, 0.15) is 4.88 Å². The SMILES string of the molecule is COC(=O)c1sc2ccc(OC)c([N+](=O)[O-])c2c1Cl. The molecular weight excluding hydrogens is 294 g/mol. The molecule has 100 valence electrons. The summed E-state index contributed by atoms with van der Waals surface area (Å²) in [4.78, 5) is 22.2. The average molecular weight is 302 g/mol. The second-order valence-electron chi connectivity index (χ2n) is 3.48. The van der Waals surface area contributed by atoms with Gasteiger partial charge in [-0.1, -0.05) is 11.6 Å². The van der Waals surface area contributed by atoms with E-state index in [9.17, 15) is 14.9 Å². The first-order valence-corrected chi connectivity index (χ1v) is 6.22. The second kappa shape index (κ2) is 5.02. The van der Waals surface area contributed by atoms with Gasteiger partial charge in [-0.25, -0.2) is 4.79 Å². The van der Waals surface area contributed by atoms with Gasteiger partial charge in [0.05, 0.1) is 29.6 Å². The van der Waals surface area contributed by atoms with Gasteiger partial charge in [-0.3, -0.25) is 10.1 Å². The molecule has 0 aliphatic heterocycles. The predicted molar refractivity (Wildman–Crippen MR) is 71.4 cm³/mol. The summed E-state index contributed by atoms with van der Waals surface area (Å²) in [5.74, 6) is -0.534. The Labute approximate surface area is 116 Å². The Bertz CT molecular complexity index is 681. The molecule has 0 spiro atoms. The number of ether oxygens (including phenoxy) is 2. The molecule has 0 radical (unpaired) electrons. The van der Waals surface area contributed by atoms with Gasteiger partial charge < -0.3 is 9.47 Å². The van der Waals surface area contributed by atoms with Gasteiger partial charge >= 0.3 is 11.7 Å². The monoisotopic (exact) mass is 301 g/mol. The maximum atomic E-state index is 11.5. The first-order chi connectivity index (χ1) is 9.01. The van der Waals surface area contributed by atoms with E-state index in [1.54, 1.807) is 6.07 Å². The molecule has 0 unspecified atom stereocenters. The topological polar surface area (TPSA) is 78.7 Å². The van der Waals surface area contributed by atoms with E-state index in [1.165, 1.54) is 20.3 Å². The number of rotatable bonds is 3. The van der Waals surface area contributed by atoms with E-state index in [2.05, 4.69) is 4.74 Å². The lowest BCUT2D eigenvalue weighted by Gasteiger charge is -2.02. The minimum absolute atomic E-state index is 0.0115. The van der Waals surface area contributed by atoms with E-state index in [0.717, 1.165) is 11.3 Å². The molecule has 2 rings (SSSR count). The molecular formula is C11H8ClNO5S. The number of methoxy groups -OCH3 is 2. The number of hydrogen-bond acceptors (Lipinski definition) is 6. The van der Waals surface area contributed by atoms with Crippen molar-refractivity contribution in [2.45, 2.75) is 0 Å². The number of halogens is 1. The van der Waals surface area contributed by atoms with Crippen LogP contribution in [0.4, 0.5) is 5.69 Å². The minimum atomic E-state index is -0.625. The quantitative estimate of drug-likeness (QED) is 0.494. The van der Waals surface area contributed by atoms with Crippen LogP contribution in [-0.2, 0) is 4.74 Å². The molecule has 1 aromatic heterocycles. The maximum absolute atomic E-state index is 11.5. The van der Waals surface area contributed by atoms with E-state index < -0.39 is 10.9 Å². The first-order valence-electron chi connectivity index (χ1n) is 5.03. The highest BCUT2D eigenvalue weighted by Gasteiger charge is 2.27. The molecule has 1 heterocycles. The number of nitro groups is 1. The number of carbonyl (C=O) groups is 1. The van der Waals surface area contributed by atoms with Crippen LogP contribution in [0.3, 0.4) is 0 Å². The van der Waals surface area contributed by atoms with Gasteiger partial charge in [-0.05, 0) is 12.1 Å². The van der Waals surface area contributed by atoms with Crippen molar-refractivity contribution in [3.63, 3.8) is 0 Å². The van der Waals surface area contributed by atoms with E-state index in [-0.39, 0.29) is 26.7 Å². The van der Waals surface area contributed by atoms with Crippen molar-refractivity contribution in [3.8, 4) is 5.75 Å². The molecule has 0 aliphatic carbocycles. The Hall–Kier alpha value is -1.86. The Morgan fingerprint density at radius 3 is 2.63 bits per heavy atom. The summed E-state index contributed by atoms with van der Waals surface area (Å²) in [5.41, 5.74) is -0.253. The molecule has 0 fully saturated rings. The fraction of sp³-hybridized carbons (Fsp3) is 0.182. The fourth-order valence-corrected chi connectivity index (χ4v) is 3.14. The molecule has 0 saturated heterocycles. The van der Waals surface area contributed by atoms with Crippen LogP contribution in [0.5, 0.6) is 5.75 Å². The van der Waals surface area contributed by atoms with Crippen LogP contribution in [0, 0.1) is 10.1 Å². The smallest absolute Gasteiger partial charge is 0.349 e. The maximum Gasteiger partial charge on any atom is 0.349 e. The Balaban J connectivity index is 2.85.